The van der Waals surface area contributed by atoms with E-state index in [0.29, 0.717) is 18.8 Å². The molecular formula is C17H20N2O2S. The number of benzene rings is 2. The Hall–Kier alpha value is -2.11. The van der Waals surface area contributed by atoms with E-state index in [0.717, 1.165) is 11.1 Å². The summed E-state index contributed by atoms with van der Waals surface area (Å²) in [7, 11) is -3.58. The van der Waals surface area contributed by atoms with Crippen LogP contribution in [0.15, 0.2) is 66.1 Å². The Balaban J connectivity index is 2.22. The number of para-hydroxylation sites is 1. The van der Waals surface area contributed by atoms with Gasteiger partial charge in [0.1, 0.15) is 0 Å². The molecule has 0 heterocycles. The normalized spacial score (nSPS) is 11.1. The van der Waals surface area contributed by atoms with Crippen molar-refractivity contribution >= 4 is 15.7 Å². The van der Waals surface area contributed by atoms with Crippen molar-refractivity contribution in [2.75, 3.05) is 11.3 Å². The average Bonchev–Trinajstić information content (AvgIpc) is 2.49. The summed E-state index contributed by atoms with van der Waals surface area (Å²) in [4.78, 5) is 0.256. The van der Waals surface area contributed by atoms with Crippen LogP contribution in [0, 0.1) is 6.92 Å². The van der Waals surface area contributed by atoms with E-state index in [1.54, 1.807) is 36.4 Å². The first-order chi connectivity index (χ1) is 10.5. The third-order valence-electron chi connectivity index (χ3n) is 3.20. The molecule has 0 atom stereocenters. The molecule has 0 radical (unpaired) electrons. The molecule has 0 unspecified atom stereocenters. The molecule has 2 N–H and O–H groups in total. The van der Waals surface area contributed by atoms with Gasteiger partial charge in [0.15, 0.2) is 0 Å². The van der Waals surface area contributed by atoms with Crippen LogP contribution in [-0.2, 0) is 16.6 Å². The van der Waals surface area contributed by atoms with E-state index in [9.17, 15) is 8.42 Å². The van der Waals surface area contributed by atoms with Crippen LogP contribution in [0.2, 0.25) is 0 Å². The molecule has 2 aromatic carbocycles. The molecule has 0 aromatic heterocycles. The molecule has 2 aromatic rings. The van der Waals surface area contributed by atoms with Crippen molar-refractivity contribution < 1.29 is 8.42 Å². The van der Waals surface area contributed by atoms with Crippen molar-refractivity contribution in [3.63, 3.8) is 0 Å². The molecule has 0 bridgehead atoms. The summed E-state index contributed by atoms with van der Waals surface area (Å²) < 4.78 is 27.6. The van der Waals surface area contributed by atoms with Crippen LogP contribution in [0.5, 0.6) is 0 Å². The zero-order valence-electron chi connectivity index (χ0n) is 12.5. The lowest BCUT2D eigenvalue weighted by Crippen LogP contribution is -2.17. The number of rotatable bonds is 7. The number of sulfonamides is 1. The van der Waals surface area contributed by atoms with Crippen LogP contribution in [0.3, 0.4) is 0 Å². The van der Waals surface area contributed by atoms with Gasteiger partial charge < -0.3 is 5.32 Å². The lowest BCUT2D eigenvalue weighted by molar-refractivity contribution is 0.601. The maximum absolute atomic E-state index is 12.4. The summed E-state index contributed by atoms with van der Waals surface area (Å²) in [6, 6.07) is 14.1. The zero-order chi connectivity index (χ0) is 16.0. The fourth-order valence-corrected chi connectivity index (χ4v) is 3.10. The largest absolute Gasteiger partial charge is 0.309 e. The highest BCUT2D eigenvalue weighted by Crippen LogP contribution is 2.20. The molecule has 116 valence electrons. The van der Waals surface area contributed by atoms with Gasteiger partial charge in [-0.3, -0.25) is 4.72 Å². The van der Waals surface area contributed by atoms with Gasteiger partial charge in [-0.2, -0.15) is 0 Å². The molecule has 0 saturated carbocycles. The van der Waals surface area contributed by atoms with Crippen LogP contribution >= 0.6 is 0 Å². The van der Waals surface area contributed by atoms with E-state index in [1.165, 1.54) is 0 Å². The molecule has 0 amide bonds. The fraction of sp³-hybridized carbons (Fsp3) is 0.176. The third-order valence-corrected chi connectivity index (χ3v) is 4.58. The summed E-state index contributed by atoms with van der Waals surface area (Å²) in [5, 5.41) is 3.17. The monoisotopic (exact) mass is 316 g/mol. The van der Waals surface area contributed by atoms with Gasteiger partial charge in [-0.1, -0.05) is 42.0 Å². The Morgan fingerprint density at radius 1 is 1.09 bits per heavy atom. The fourth-order valence-electron chi connectivity index (χ4n) is 2.00. The Labute approximate surface area is 131 Å². The molecule has 22 heavy (non-hydrogen) atoms. The molecule has 0 aliphatic rings. The van der Waals surface area contributed by atoms with Crippen LogP contribution in [-0.4, -0.2) is 15.0 Å². The summed E-state index contributed by atoms with van der Waals surface area (Å²) >= 11 is 0. The van der Waals surface area contributed by atoms with E-state index in [4.69, 9.17) is 0 Å². The second-order valence-electron chi connectivity index (χ2n) is 5.00. The van der Waals surface area contributed by atoms with Gasteiger partial charge in [0.2, 0.25) is 0 Å². The maximum Gasteiger partial charge on any atom is 0.261 e. The molecule has 5 heteroatoms. The van der Waals surface area contributed by atoms with Gasteiger partial charge in [0.05, 0.1) is 10.6 Å². The maximum atomic E-state index is 12.4. The first kappa shape index (κ1) is 16.3. The third kappa shape index (κ3) is 4.19. The Bertz CT molecular complexity index is 738. The molecule has 0 fully saturated rings. The Kier molecular flexibility index (Phi) is 5.35. The first-order valence-corrected chi connectivity index (χ1v) is 8.50. The Morgan fingerprint density at radius 2 is 1.77 bits per heavy atom. The van der Waals surface area contributed by atoms with Crippen molar-refractivity contribution in [2.45, 2.75) is 18.4 Å². The molecule has 4 nitrogen and oxygen atoms in total. The minimum absolute atomic E-state index is 0.256. The van der Waals surface area contributed by atoms with Gasteiger partial charge in [-0.25, -0.2) is 8.42 Å². The van der Waals surface area contributed by atoms with Crippen molar-refractivity contribution in [1.82, 2.24) is 5.32 Å². The van der Waals surface area contributed by atoms with E-state index < -0.39 is 10.0 Å². The van der Waals surface area contributed by atoms with E-state index in [-0.39, 0.29) is 4.90 Å². The van der Waals surface area contributed by atoms with E-state index >= 15 is 0 Å². The van der Waals surface area contributed by atoms with E-state index in [2.05, 4.69) is 16.6 Å². The Morgan fingerprint density at radius 3 is 2.45 bits per heavy atom. The molecule has 0 spiro atoms. The van der Waals surface area contributed by atoms with Crippen molar-refractivity contribution in [3.05, 3.63) is 72.3 Å². The highest BCUT2D eigenvalue weighted by molar-refractivity contribution is 7.92. The van der Waals surface area contributed by atoms with Crippen molar-refractivity contribution in [3.8, 4) is 0 Å². The highest BCUT2D eigenvalue weighted by atomic mass is 32.2. The molecule has 0 aliphatic heterocycles. The predicted octanol–water partition coefficient (Wildman–Crippen LogP) is 3.07. The minimum Gasteiger partial charge on any atom is -0.309 e. The smallest absolute Gasteiger partial charge is 0.261 e. The SMILES string of the molecule is C=CCNCc1ccccc1NS(=O)(=O)c1ccc(C)cc1. The van der Waals surface area contributed by atoms with Crippen LogP contribution in [0.4, 0.5) is 5.69 Å². The van der Waals surface area contributed by atoms with Crippen molar-refractivity contribution in [2.24, 2.45) is 0 Å². The topological polar surface area (TPSA) is 58.2 Å². The standard InChI is InChI=1S/C17H20N2O2S/c1-3-12-18-13-15-6-4-5-7-17(15)19-22(20,21)16-10-8-14(2)9-11-16/h3-11,18-19H,1,12-13H2,2H3. The number of anilines is 1. The minimum atomic E-state index is -3.58. The van der Waals surface area contributed by atoms with Gasteiger partial charge in [0.25, 0.3) is 10.0 Å². The second kappa shape index (κ2) is 7.24. The number of nitrogens with one attached hydrogen (secondary N) is 2. The molecule has 2 rings (SSSR count). The first-order valence-electron chi connectivity index (χ1n) is 7.02. The van der Waals surface area contributed by atoms with Gasteiger partial charge in [-0.15, -0.1) is 6.58 Å². The molecular weight excluding hydrogens is 296 g/mol. The lowest BCUT2D eigenvalue weighted by Gasteiger charge is -2.13. The van der Waals surface area contributed by atoms with Crippen LogP contribution in [0.25, 0.3) is 0 Å². The summed E-state index contributed by atoms with van der Waals surface area (Å²) in [5.74, 6) is 0. The highest BCUT2D eigenvalue weighted by Gasteiger charge is 2.15. The van der Waals surface area contributed by atoms with Gasteiger partial charge in [0, 0.05) is 13.1 Å². The number of hydrogen-bond donors (Lipinski definition) is 2. The second-order valence-corrected chi connectivity index (χ2v) is 6.68. The summed E-state index contributed by atoms with van der Waals surface area (Å²) in [5.41, 5.74) is 2.49. The van der Waals surface area contributed by atoms with Gasteiger partial charge in [-0.05, 0) is 30.7 Å². The summed E-state index contributed by atoms with van der Waals surface area (Å²) in [6.07, 6.45) is 1.76. The quantitative estimate of drug-likeness (QED) is 0.610. The molecule has 0 aliphatic carbocycles. The van der Waals surface area contributed by atoms with Crippen molar-refractivity contribution in [1.29, 1.82) is 0 Å². The van der Waals surface area contributed by atoms with E-state index in [1.807, 2.05) is 25.1 Å². The average molecular weight is 316 g/mol. The summed E-state index contributed by atoms with van der Waals surface area (Å²) in [6.45, 7) is 6.80. The van der Waals surface area contributed by atoms with Gasteiger partial charge >= 0.3 is 0 Å². The lowest BCUT2D eigenvalue weighted by atomic mass is 10.2. The number of aryl methyl sites for hydroxylation is 1. The van der Waals surface area contributed by atoms with Crippen LogP contribution < -0.4 is 10.0 Å². The zero-order valence-corrected chi connectivity index (χ0v) is 13.4. The molecule has 0 saturated heterocycles. The van der Waals surface area contributed by atoms with Crippen LogP contribution in [0.1, 0.15) is 11.1 Å². The number of hydrogen-bond acceptors (Lipinski definition) is 3. The predicted molar refractivity (Wildman–Crippen MR) is 90.3 cm³/mol.